The molecule has 0 bridgehead atoms. The molecule has 0 saturated carbocycles. The normalized spacial score (nSPS) is 15.8. The number of rotatable bonds is 0. The van der Waals surface area contributed by atoms with Gasteiger partial charge in [-0.05, 0) is 48.7 Å². The summed E-state index contributed by atoms with van der Waals surface area (Å²) in [5.74, 6) is 0. The smallest absolute Gasteiger partial charge is 0.0208 e. The number of halogens is 1. The first-order chi connectivity index (χ1) is 5.77. The minimum absolute atomic E-state index is 1.02. The minimum atomic E-state index is 1.02. The Morgan fingerprint density at radius 2 is 2.25 bits per heavy atom. The van der Waals surface area contributed by atoms with Crippen LogP contribution in [0, 0.1) is 6.92 Å². The van der Waals surface area contributed by atoms with E-state index in [0.29, 0.717) is 0 Å². The largest absolute Gasteiger partial charge is 0.312 e. The molecule has 0 aromatic heterocycles. The second-order valence-electron chi connectivity index (χ2n) is 3.29. The van der Waals surface area contributed by atoms with E-state index in [-0.39, 0.29) is 0 Å². The highest BCUT2D eigenvalue weighted by Gasteiger charge is 2.10. The van der Waals surface area contributed by atoms with E-state index < -0.39 is 0 Å². The summed E-state index contributed by atoms with van der Waals surface area (Å²) in [6.45, 7) is 4.33. The molecule has 1 aliphatic rings. The van der Waals surface area contributed by atoms with Gasteiger partial charge in [0.1, 0.15) is 0 Å². The number of hydrogen-bond donors (Lipinski definition) is 1. The van der Waals surface area contributed by atoms with E-state index in [4.69, 9.17) is 0 Å². The van der Waals surface area contributed by atoms with E-state index in [0.717, 1.165) is 13.1 Å². The Balaban J connectivity index is 2.53. The number of nitrogens with one attached hydrogen (secondary N) is 1. The number of aryl methyl sites for hydroxylation is 1. The Bertz CT molecular complexity index is 307. The summed E-state index contributed by atoms with van der Waals surface area (Å²) in [4.78, 5) is 0. The molecule has 0 aliphatic carbocycles. The van der Waals surface area contributed by atoms with E-state index >= 15 is 0 Å². The summed E-state index contributed by atoms with van der Waals surface area (Å²) >= 11 is 3.51. The number of benzene rings is 1. The van der Waals surface area contributed by atoms with E-state index in [2.05, 4.69) is 40.3 Å². The lowest BCUT2D eigenvalue weighted by Crippen LogP contribution is -2.24. The maximum absolute atomic E-state index is 3.51. The van der Waals surface area contributed by atoms with Gasteiger partial charge in [0.05, 0.1) is 0 Å². The predicted molar refractivity (Wildman–Crippen MR) is 54.3 cm³/mol. The van der Waals surface area contributed by atoms with Gasteiger partial charge in [-0.15, -0.1) is 0 Å². The molecule has 0 amide bonds. The zero-order valence-corrected chi connectivity index (χ0v) is 8.74. The van der Waals surface area contributed by atoms with Crippen molar-refractivity contribution in [2.24, 2.45) is 0 Å². The first-order valence-corrected chi connectivity index (χ1v) is 5.05. The third-order valence-electron chi connectivity index (χ3n) is 2.40. The molecule has 1 aromatic carbocycles. The third kappa shape index (κ3) is 1.41. The Labute approximate surface area is 81.3 Å². The van der Waals surface area contributed by atoms with Crippen LogP contribution in [-0.2, 0) is 13.0 Å². The van der Waals surface area contributed by atoms with Crippen LogP contribution in [0.2, 0.25) is 0 Å². The molecule has 12 heavy (non-hydrogen) atoms. The van der Waals surface area contributed by atoms with E-state index in [1.54, 1.807) is 0 Å². The molecule has 0 unspecified atom stereocenters. The Morgan fingerprint density at radius 1 is 1.42 bits per heavy atom. The van der Waals surface area contributed by atoms with E-state index in [1.807, 2.05) is 0 Å². The molecule has 1 heterocycles. The summed E-state index contributed by atoms with van der Waals surface area (Å²) in [6.07, 6.45) is 1.18. The Hall–Kier alpha value is -0.340. The quantitative estimate of drug-likeness (QED) is 0.716. The van der Waals surface area contributed by atoms with Crippen LogP contribution in [0.3, 0.4) is 0 Å². The predicted octanol–water partition coefficient (Wildman–Crippen LogP) is 2.40. The van der Waals surface area contributed by atoms with E-state index in [1.165, 1.54) is 27.6 Å². The van der Waals surface area contributed by atoms with Crippen molar-refractivity contribution in [1.82, 2.24) is 5.32 Å². The Morgan fingerprint density at radius 3 is 3.08 bits per heavy atom. The molecule has 1 aromatic rings. The summed E-state index contributed by atoms with van der Waals surface area (Å²) in [5, 5.41) is 3.37. The molecule has 2 heteroatoms. The Kier molecular flexibility index (Phi) is 2.20. The maximum atomic E-state index is 3.51. The SMILES string of the molecule is Cc1cc(Br)cc2c1CCNC2. The van der Waals surface area contributed by atoms with Gasteiger partial charge >= 0.3 is 0 Å². The molecule has 1 N–H and O–H groups in total. The highest BCUT2D eigenvalue weighted by molar-refractivity contribution is 9.10. The molecule has 2 rings (SSSR count). The van der Waals surface area contributed by atoms with Crippen molar-refractivity contribution < 1.29 is 0 Å². The number of hydrogen-bond acceptors (Lipinski definition) is 1. The molecular formula is C10H12BrN. The fourth-order valence-electron chi connectivity index (χ4n) is 1.79. The van der Waals surface area contributed by atoms with Crippen LogP contribution >= 0.6 is 15.9 Å². The lowest BCUT2D eigenvalue weighted by molar-refractivity contribution is 0.640. The van der Waals surface area contributed by atoms with Gasteiger partial charge in [-0.1, -0.05) is 15.9 Å². The lowest BCUT2D eigenvalue weighted by Gasteiger charge is -2.19. The summed E-state index contributed by atoms with van der Waals surface area (Å²) in [7, 11) is 0. The first-order valence-electron chi connectivity index (χ1n) is 4.26. The minimum Gasteiger partial charge on any atom is -0.312 e. The monoisotopic (exact) mass is 225 g/mol. The maximum Gasteiger partial charge on any atom is 0.0208 e. The van der Waals surface area contributed by atoms with Crippen LogP contribution in [0.25, 0.3) is 0 Å². The average Bonchev–Trinajstić information content (AvgIpc) is 2.04. The molecule has 0 atom stereocenters. The molecule has 0 saturated heterocycles. The third-order valence-corrected chi connectivity index (χ3v) is 2.86. The van der Waals surface area contributed by atoms with Crippen LogP contribution in [0.1, 0.15) is 16.7 Å². The van der Waals surface area contributed by atoms with Crippen molar-refractivity contribution in [3.8, 4) is 0 Å². The summed E-state index contributed by atoms with van der Waals surface area (Å²) in [6, 6.07) is 4.42. The summed E-state index contributed by atoms with van der Waals surface area (Å²) < 4.78 is 1.20. The van der Waals surface area contributed by atoms with Gasteiger partial charge in [0, 0.05) is 11.0 Å². The molecular weight excluding hydrogens is 214 g/mol. The highest BCUT2D eigenvalue weighted by atomic mass is 79.9. The van der Waals surface area contributed by atoms with Crippen LogP contribution in [0.15, 0.2) is 16.6 Å². The highest BCUT2D eigenvalue weighted by Crippen LogP contribution is 2.23. The molecule has 0 fully saturated rings. The van der Waals surface area contributed by atoms with Crippen LogP contribution in [0.5, 0.6) is 0 Å². The van der Waals surface area contributed by atoms with Gasteiger partial charge < -0.3 is 5.32 Å². The van der Waals surface area contributed by atoms with Crippen molar-refractivity contribution in [3.63, 3.8) is 0 Å². The molecule has 0 spiro atoms. The van der Waals surface area contributed by atoms with E-state index in [9.17, 15) is 0 Å². The van der Waals surface area contributed by atoms with Crippen molar-refractivity contribution in [3.05, 3.63) is 33.3 Å². The average molecular weight is 226 g/mol. The zero-order chi connectivity index (χ0) is 8.55. The zero-order valence-electron chi connectivity index (χ0n) is 7.15. The van der Waals surface area contributed by atoms with Crippen LogP contribution in [-0.4, -0.2) is 6.54 Å². The second kappa shape index (κ2) is 3.19. The van der Waals surface area contributed by atoms with Gasteiger partial charge in [0.15, 0.2) is 0 Å². The second-order valence-corrected chi connectivity index (χ2v) is 4.20. The van der Waals surface area contributed by atoms with Crippen molar-refractivity contribution >= 4 is 15.9 Å². The molecule has 1 aliphatic heterocycles. The van der Waals surface area contributed by atoms with Gasteiger partial charge in [-0.2, -0.15) is 0 Å². The summed E-state index contributed by atoms with van der Waals surface area (Å²) in [5.41, 5.74) is 4.41. The van der Waals surface area contributed by atoms with Crippen LogP contribution < -0.4 is 5.32 Å². The van der Waals surface area contributed by atoms with Gasteiger partial charge in [-0.3, -0.25) is 0 Å². The van der Waals surface area contributed by atoms with Crippen molar-refractivity contribution in [1.29, 1.82) is 0 Å². The molecule has 1 nitrogen and oxygen atoms in total. The van der Waals surface area contributed by atoms with Crippen molar-refractivity contribution in [2.45, 2.75) is 19.9 Å². The van der Waals surface area contributed by atoms with Gasteiger partial charge in [0.2, 0.25) is 0 Å². The fourth-order valence-corrected chi connectivity index (χ4v) is 2.41. The lowest BCUT2D eigenvalue weighted by atomic mass is 9.96. The number of fused-ring (bicyclic) bond motifs is 1. The topological polar surface area (TPSA) is 12.0 Å². The van der Waals surface area contributed by atoms with Crippen LogP contribution in [0.4, 0.5) is 0 Å². The van der Waals surface area contributed by atoms with Crippen molar-refractivity contribution in [2.75, 3.05) is 6.54 Å². The van der Waals surface area contributed by atoms with Gasteiger partial charge in [0.25, 0.3) is 0 Å². The molecule has 0 radical (unpaired) electrons. The first kappa shape index (κ1) is 8.27. The fraction of sp³-hybridized carbons (Fsp3) is 0.400. The van der Waals surface area contributed by atoms with Gasteiger partial charge in [-0.25, -0.2) is 0 Å². The standard InChI is InChI=1S/C10H12BrN/c1-7-4-9(11)5-8-6-12-3-2-10(7)8/h4-5,12H,2-3,6H2,1H3. The molecule has 64 valence electrons.